The Bertz CT molecular complexity index is 369. The molecule has 5 N–H and O–H groups in total. The van der Waals surface area contributed by atoms with Gasteiger partial charge in [0.15, 0.2) is 0 Å². The van der Waals surface area contributed by atoms with Crippen molar-refractivity contribution < 1.29 is 19.5 Å². The van der Waals surface area contributed by atoms with E-state index in [1.54, 1.807) is 0 Å². The Kier molecular flexibility index (Phi) is 8.61. The monoisotopic (exact) mass is 301 g/mol. The Morgan fingerprint density at radius 2 is 1.43 bits per heavy atom. The number of carbonyl (C=O) groups is 3. The van der Waals surface area contributed by atoms with Gasteiger partial charge in [-0.2, -0.15) is 0 Å². The highest BCUT2D eigenvalue weighted by atomic mass is 16.4. The molecule has 0 aromatic carbocycles. The molecular formula is C14H27N3O4. The molecule has 0 rings (SSSR count). The lowest BCUT2D eigenvalue weighted by Gasteiger charge is -2.23. The fourth-order valence-electron chi connectivity index (χ4n) is 1.92. The first-order valence-electron chi connectivity index (χ1n) is 7.19. The Labute approximate surface area is 125 Å². The lowest BCUT2D eigenvalue weighted by molar-refractivity contribution is -0.142. The number of carboxylic acid groups (broad SMARTS) is 1. The highest BCUT2D eigenvalue weighted by Gasteiger charge is 2.27. The Balaban J connectivity index is 4.83. The van der Waals surface area contributed by atoms with E-state index in [4.69, 9.17) is 10.8 Å². The molecule has 0 aromatic rings. The van der Waals surface area contributed by atoms with Gasteiger partial charge in [0.05, 0.1) is 6.54 Å². The molecule has 0 aliphatic carbocycles. The van der Waals surface area contributed by atoms with Crippen molar-refractivity contribution in [2.24, 2.45) is 17.6 Å². The Morgan fingerprint density at radius 3 is 1.81 bits per heavy atom. The van der Waals surface area contributed by atoms with Crippen LogP contribution in [0.15, 0.2) is 0 Å². The van der Waals surface area contributed by atoms with Gasteiger partial charge in [-0.3, -0.25) is 9.59 Å². The second kappa shape index (κ2) is 9.33. The summed E-state index contributed by atoms with van der Waals surface area (Å²) in [6, 6.07) is -1.72. The number of rotatable bonds is 9. The van der Waals surface area contributed by atoms with Gasteiger partial charge in [0.2, 0.25) is 11.8 Å². The van der Waals surface area contributed by atoms with Crippen LogP contribution >= 0.6 is 0 Å². The van der Waals surface area contributed by atoms with E-state index in [-0.39, 0.29) is 18.4 Å². The van der Waals surface area contributed by atoms with Crippen molar-refractivity contribution in [3.05, 3.63) is 0 Å². The molecule has 2 amide bonds. The number of carbonyl (C=O) groups excluding carboxylic acids is 2. The van der Waals surface area contributed by atoms with Crippen LogP contribution in [-0.4, -0.2) is 41.5 Å². The maximum Gasteiger partial charge on any atom is 0.326 e. The predicted molar refractivity (Wildman–Crippen MR) is 79.5 cm³/mol. The summed E-state index contributed by atoms with van der Waals surface area (Å²) in [5.74, 6) is -1.70. The summed E-state index contributed by atoms with van der Waals surface area (Å²) in [6.07, 6.45) is 0.756. The van der Waals surface area contributed by atoms with Crippen molar-refractivity contribution in [2.75, 3.05) is 6.54 Å². The highest BCUT2D eigenvalue weighted by Crippen LogP contribution is 2.08. The normalized spacial score (nSPS) is 13.9. The lowest BCUT2D eigenvalue weighted by Crippen LogP contribution is -2.53. The van der Waals surface area contributed by atoms with E-state index in [0.717, 1.165) is 0 Å². The van der Waals surface area contributed by atoms with Crippen LogP contribution in [0, 0.1) is 11.8 Å². The number of hydrogen-bond donors (Lipinski definition) is 4. The molecular weight excluding hydrogens is 274 g/mol. The molecule has 2 unspecified atom stereocenters. The number of nitrogens with one attached hydrogen (secondary N) is 2. The molecule has 7 nitrogen and oxygen atoms in total. The second-order valence-corrected chi connectivity index (χ2v) is 5.98. The largest absolute Gasteiger partial charge is 0.480 e. The van der Waals surface area contributed by atoms with Gasteiger partial charge in [-0.15, -0.1) is 0 Å². The molecule has 0 aliphatic heterocycles. The van der Waals surface area contributed by atoms with Crippen molar-refractivity contribution in [1.29, 1.82) is 0 Å². The average molecular weight is 301 g/mol. The second-order valence-electron chi connectivity index (χ2n) is 5.98. The van der Waals surface area contributed by atoms with Gasteiger partial charge < -0.3 is 21.5 Å². The van der Waals surface area contributed by atoms with Gasteiger partial charge in [-0.1, -0.05) is 27.7 Å². The first-order chi connectivity index (χ1) is 9.67. The molecule has 2 atom stereocenters. The molecule has 0 saturated carbocycles. The topological polar surface area (TPSA) is 122 Å². The third-order valence-corrected chi connectivity index (χ3v) is 2.87. The van der Waals surface area contributed by atoms with Gasteiger partial charge in [0.25, 0.3) is 0 Å². The first kappa shape index (κ1) is 19.4. The number of carboxylic acids is 1. The van der Waals surface area contributed by atoms with Gasteiger partial charge >= 0.3 is 5.97 Å². The smallest absolute Gasteiger partial charge is 0.326 e. The van der Waals surface area contributed by atoms with Crippen molar-refractivity contribution >= 4 is 17.8 Å². The molecule has 0 heterocycles. The summed E-state index contributed by atoms with van der Waals surface area (Å²) < 4.78 is 0. The number of aliphatic carboxylic acids is 1. The van der Waals surface area contributed by atoms with Crippen LogP contribution in [-0.2, 0) is 14.4 Å². The number of hydrogen-bond acceptors (Lipinski definition) is 4. The minimum Gasteiger partial charge on any atom is -0.480 e. The van der Waals surface area contributed by atoms with Gasteiger partial charge in [0.1, 0.15) is 12.1 Å². The van der Waals surface area contributed by atoms with Crippen molar-refractivity contribution in [3.63, 3.8) is 0 Å². The van der Waals surface area contributed by atoms with Crippen molar-refractivity contribution in [1.82, 2.24) is 10.6 Å². The zero-order valence-corrected chi connectivity index (χ0v) is 13.2. The van der Waals surface area contributed by atoms with E-state index in [9.17, 15) is 14.4 Å². The highest BCUT2D eigenvalue weighted by molar-refractivity contribution is 5.90. The molecule has 0 saturated heterocycles. The van der Waals surface area contributed by atoms with E-state index in [1.165, 1.54) is 0 Å². The summed E-state index contributed by atoms with van der Waals surface area (Å²) in [7, 11) is 0. The van der Waals surface area contributed by atoms with Crippen LogP contribution in [0.1, 0.15) is 40.5 Å². The molecule has 0 radical (unpaired) electrons. The van der Waals surface area contributed by atoms with Crippen LogP contribution in [0.5, 0.6) is 0 Å². The molecule has 0 fully saturated rings. The molecule has 122 valence electrons. The van der Waals surface area contributed by atoms with Crippen LogP contribution in [0.25, 0.3) is 0 Å². The molecule has 21 heavy (non-hydrogen) atoms. The molecule has 7 heteroatoms. The van der Waals surface area contributed by atoms with Gasteiger partial charge in [-0.05, 0) is 24.7 Å². The van der Waals surface area contributed by atoms with E-state index < -0.39 is 29.9 Å². The maximum absolute atomic E-state index is 12.2. The third-order valence-electron chi connectivity index (χ3n) is 2.87. The fraction of sp³-hybridized carbons (Fsp3) is 0.786. The minimum atomic E-state index is -1.08. The fourth-order valence-corrected chi connectivity index (χ4v) is 1.92. The molecule has 0 spiro atoms. The zero-order chi connectivity index (χ0) is 16.6. The minimum absolute atomic E-state index is 0.133. The first-order valence-corrected chi connectivity index (χ1v) is 7.19. The van der Waals surface area contributed by atoms with E-state index >= 15 is 0 Å². The van der Waals surface area contributed by atoms with E-state index in [1.807, 2.05) is 27.7 Å². The van der Waals surface area contributed by atoms with E-state index in [0.29, 0.717) is 12.8 Å². The zero-order valence-electron chi connectivity index (χ0n) is 13.2. The predicted octanol–water partition coefficient (Wildman–Crippen LogP) is 0.0915. The van der Waals surface area contributed by atoms with Gasteiger partial charge in [0, 0.05) is 0 Å². The van der Waals surface area contributed by atoms with Crippen LogP contribution in [0.3, 0.4) is 0 Å². The summed E-state index contributed by atoms with van der Waals surface area (Å²) in [6.45, 7) is 7.37. The summed E-state index contributed by atoms with van der Waals surface area (Å²) in [4.78, 5) is 34.7. The quantitative estimate of drug-likeness (QED) is 0.481. The van der Waals surface area contributed by atoms with Crippen molar-refractivity contribution in [2.45, 2.75) is 52.6 Å². The summed E-state index contributed by atoms with van der Waals surface area (Å²) in [5.41, 5.74) is 5.23. The average Bonchev–Trinajstić information content (AvgIpc) is 2.35. The number of amides is 2. The molecule has 0 aromatic heterocycles. The molecule has 0 aliphatic rings. The van der Waals surface area contributed by atoms with Gasteiger partial charge in [-0.25, -0.2) is 4.79 Å². The summed E-state index contributed by atoms with van der Waals surface area (Å²) in [5, 5.41) is 14.2. The lowest BCUT2D eigenvalue weighted by atomic mass is 10.0. The van der Waals surface area contributed by atoms with Crippen molar-refractivity contribution in [3.8, 4) is 0 Å². The maximum atomic E-state index is 12.2. The Hall–Kier alpha value is -1.63. The SMILES string of the molecule is CC(C)CC(NC(=O)C(CC(C)C)NC(=O)CN)C(=O)O. The van der Waals surface area contributed by atoms with Crippen LogP contribution in [0.4, 0.5) is 0 Å². The van der Waals surface area contributed by atoms with Crippen LogP contribution in [0.2, 0.25) is 0 Å². The van der Waals surface area contributed by atoms with Crippen LogP contribution < -0.4 is 16.4 Å². The summed E-state index contributed by atoms with van der Waals surface area (Å²) >= 11 is 0. The number of nitrogens with two attached hydrogens (primary N) is 1. The third kappa shape index (κ3) is 8.29. The van der Waals surface area contributed by atoms with E-state index in [2.05, 4.69) is 10.6 Å². The molecule has 0 bridgehead atoms. The Morgan fingerprint density at radius 1 is 0.952 bits per heavy atom. The standard InChI is InChI=1S/C14H27N3O4/c1-8(2)5-10(16-12(18)7-15)13(19)17-11(14(20)21)6-9(3)4/h8-11H,5-7,15H2,1-4H3,(H,16,18)(H,17,19)(H,20,21).